The molecule has 0 radical (unpaired) electrons. The van der Waals surface area contributed by atoms with E-state index in [9.17, 15) is 5.11 Å². The van der Waals surface area contributed by atoms with Crippen LogP contribution in [0.2, 0.25) is 0 Å². The molecule has 2 N–H and O–H groups in total. The highest BCUT2D eigenvalue weighted by Crippen LogP contribution is 2.22. The Bertz CT molecular complexity index is 350. The van der Waals surface area contributed by atoms with Crippen LogP contribution in [0.5, 0.6) is 0 Å². The zero-order chi connectivity index (χ0) is 11.5. The van der Waals surface area contributed by atoms with E-state index in [1.165, 1.54) is 11.1 Å². The summed E-state index contributed by atoms with van der Waals surface area (Å²) in [6.45, 7) is 4.28. The summed E-state index contributed by atoms with van der Waals surface area (Å²) in [6, 6.07) is 9.15. The fraction of sp³-hybridized carbons (Fsp3) is 0.571. The molecule has 2 heteroatoms. The Morgan fingerprint density at radius 1 is 1.38 bits per heavy atom. The molecule has 1 aliphatic rings. The molecule has 3 atom stereocenters. The van der Waals surface area contributed by atoms with Gasteiger partial charge in [-0.15, -0.1) is 0 Å². The number of aliphatic hydroxyl groups is 1. The lowest BCUT2D eigenvalue weighted by Crippen LogP contribution is -2.37. The maximum Gasteiger partial charge on any atom is 0.0693 e. The molecule has 0 spiro atoms. The third-order valence-corrected chi connectivity index (χ3v) is 3.49. The fourth-order valence-electron chi connectivity index (χ4n) is 2.49. The standard InChI is InChI=1S/C14H21NO/c1-10-5-3-6-12(9-10)11(2)15-13-7-4-8-14(13)16/h3,5-6,9,11,13-16H,4,7-8H2,1-2H3/t11-,13-,14-/m0/s1. The van der Waals surface area contributed by atoms with Crippen LogP contribution >= 0.6 is 0 Å². The van der Waals surface area contributed by atoms with E-state index in [0.29, 0.717) is 6.04 Å². The van der Waals surface area contributed by atoms with E-state index >= 15 is 0 Å². The minimum absolute atomic E-state index is 0.160. The van der Waals surface area contributed by atoms with Crippen LogP contribution in [0, 0.1) is 6.92 Å². The summed E-state index contributed by atoms with van der Waals surface area (Å²) in [5.74, 6) is 0. The highest BCUT2D eigenvalue weighted by Gasteiger charge is 2.26. The summed E-state index contributed by atoms with van der Waals surface area (Å²) in [5.41, 5.74) is 2.59. The van der Waals surface area contributed by atoms with Crippen LogP contribution < -0.4 is 5.32 Å². The zero-order valence-electron chi connectivity index (χ0n) is 10.1. The molecule has 1 aliphatic carbocycles. The summed E-state index contributed by atoms with van der Waals surface area (Å²) in [6.07, 6.45) is 3.02. The van der Waals surface area contributed by atoms with Crippen LogP contribution in [0.1, 0.15) is 43.4 Å². The number of aliphatic hydroxyl groups excluding tert-OH is 1. The van der Waals surface area contributed by atoms with E-state index in [1.54, 1.807) is 0 Å². The molecule has 0 aliphatic heterocycles. The summed E-state index contributed by atoms with van der Waals surface area (Å²) in [4.78, 5) is 0. The molecule has 1 aromatic rings. The first-order valence-electron chi connectivity index (χ1n) is 6.17. The maximum atomic E-state index is 9.78. The second kappa shape index (κ2) is 4.98. The van der Waals surface area contributed by atoms with Crippen molar-refractivity contribution in [3.05, 3.63) is 35.4 Å². The van der Waals surface area contributed by atoms with Gasteiger partial charge in [-0.3, -0.25) is 0 Å². The van der Waals surface area contributed by atoms with E-state index in [2.05, 4.69) is 43.4 Å². The van der Waals surface area contributed by atoms with E-state index in [-0.39, 0.29) is 12.1 Å². The fourth-order valence-corrected chi connectivity index (χ4v) is 2.49. The second-order valence-corrected chi connectivity index (χ2v) is 4.91. The van der Waals surface area contributed by atoms with Crippen molar-refractivity contribution in [3.63, 3.8) is 0 Å². The molecule has 0 amide bonds. The number of hydrogen-bond acceptors (Lipinski definition) is 2. The Hall–Kier alpha value is -0.860. The number of aryl methyl sites for hydroxylation is 1. The zero-order valence-corrected chi connectivity index (χ0v) is 10.1. The summed E-state index contributed by atoms with van der Waals surface area (Å²) in [7, 11) is 0. The highest BCUT2D eigenvalue weighted by molar-refractivity contribution is 5.24. The minimum Gasteiger partial charge on any atom is -0.392 e. The third-order valence-electron chi connectivity index (χ3n) is 3.49. The van der Waals surface area contributed by atoms with E-state index in [4.69, 9.17) is 0 Å². The molecule has 2 rings (SSSR count). The number of benzene rings is 1. The van der Waals surface area contributed by atoms with Crippen molar-refractivity contribution >= 4 is 0 Å². The van der Waals surface area contributed by atoms with Crippen LogP contribution in [-0.2, 0) is 0 Å². The van der Waals surface area contributed by atoms with Crippen LogP contribution in [0.25, 0.3) is 0 Å². The molecule has 1 aromatic carbocycles. The quantitative estimate of drug-likeness (QED) is 0.819. The van der Waals surface area contributed by atoms with Crippen molar-refractivity contribution in [2.75, 3.05) is 0 Å². The highest BCUT2D eigenvalue weighted by atomic mass is 16.3. The first kappa shape index (κ1) is 11.6. The lowest BCUT2D eigenvalue weighted by atomic mass is 10.0. The van der Waals surface area contributed by atoms with Gasteiger partial charge in [0.15, 0.2) is 0 Å². The summed E-state index contributed by atoms with van der Waals surface area (Å²) < 4.78 is 0. The van der Waals surface area contributed by atoms with Gasteiger partial charge in [0.1, 0.15) is 0 Å². The molecule has 2 nitrogen and oxygen atoms in total. The van der Waals surface area contributed by atoms with E-state index in [1.807, 2.05) is 0 Å². The van der Waals surface area contributed by atoms with Gasteiger partial charge in [0.05, 0.1) is 6.10 Å². The Balaban J connectivity index is 1.99. The van der Waals surface area contributed by atoms with Gasteiger partial charge in [0.25, 0.3) is 0 Å². The lowest BCUT2D eigenvalue weighted by Gasteiger charge is -2.22. The van der Waals surface area contributed by atoms with Crippen LogP contribution in [-0.4, -0.2) is 17.3 Å². The van der Waals surface area contributed by atoms with E-state index < -0.39 is 0 Å². The topological polar surface area (TPSA) is 32.3 Å². The summed E-state index contributed by atoms with van der Waals surface area (Å²) >= 11 is 0. The van der Waals surface area contributed by atoms with Crippen LogP contribution in [0.15, 0.2) is 24.3 Å². The molecule has 88 valence electrons. The van der Waals surface area contributed by atoms with Crippen molar-refractivity contribution in [1.82, 2.24) is 5.32 Å². The smallest absolute Gasteiger partial charge is 0.0693 e. The molecule has 1 fully saturated rings. The average molecular weight is 219 g/mol. The van der Waals surface area contributed by atoms with Crippen molar-refractivity contribution < 1.29 is 5.11 Å². The van der Waals surface area contributed by atoms with Crippen LogP contribution in [0.3, 0.4) is 0 Å². The van der Waals surface area contributed by atoms with Gasteiger partial charge in [-0.25, -0.2) is 0 Å². The number of nitrogens with one attached hydrogen (secondary N) is 1. The van der Waals surface area contributed by atoms with Gasteiger partial charge in [0, 0.05) is 12.1 Å². The van der Waals surface area contributed by atoms with E-state index in [0.717, 1.165) is 19.3 Å². The SMILES string of the molecule is Cc1cccc([C@H](C)N[C@H]2CCC[C@@H]2O)c1. The van der Waals surface area contributed by atoms with Gasteiger partial charge in [0.2, 0.25) is 0 Å². The lowest BCUT2D eigenvalue weighted by molar-refractivity contribution is 0.144. The predicted octanol–water partition coefficient (Wildman–Crippen LogP) is 2.56. The molecule has 0 bridgehead atoms. The molecular weight excluding hydrogens is 198 g/mol. The predicted molar refractivity (Wildman–Crippen MR) is 66.4 cm³/mol. The second-order valence-electron chi connectivity index (χ2n) is 4.91. The summed E-state index contributed by atoms with van der Waals surface area (Å²) in [5, 5.41) is 13.3. The van der Waals surface area contributed by atoms with Crippen molar-refractivity contribution in [2.45, 2.75) is 51.3 Å². The van der Waals surface area contributed by atoms with Gasteiger partial charge in [-0.05, 0) is 38.7 Å². The first-order valence-corrected chi connectivity index (χ1v) is 6.17. The number of hydrogen-bond donors (Lipinski definition) is 2. The molecule has 0 aromatic heterocycles. The monoisotopic (exact) mass is 219 g/mol. The Kier molecular flexibility index (Phi) is 3.62. The molecule has 0 saturated heterocycles. The maximum absolute atomic E-state index is 9.78. The van der Waals surface area contributed by atoms with Gasteiger partial charge in [-0.1, -0.05) is 29.8 Å². The van der Waals surface area contributed by atoms with Gasteiger partial charge >= 0.3 is 0 Å². The Labute approximate surface area is 97.7 Å². The molecule has 0 unspecified atom stereocenters. The normalized spacial score (nSPS) is 26.9. The molecule has 1 saturated carbocycles. The molecule has 0 heterocycles. The third kappa shape index (κ3) is 2.63. The Morgan fingerprint density at radius 3 is 2.81 bits per heavy atom. The molecular formula is C14H21NO. The first-order chi connectivity index (χ1) is 7.66. The van der Waals surface area contributed by atoms with Crippen molar-refractivity contribution in [2.24, 2.45) is 0 Å². The van der Waals surface area contributed by atoms with Gasteiger partial charge in [-0.2, -0.15) is 0 Å². The average Bonchev–Trinajstić information content (AvgIpc) is 2.64. The number of rotatable bonds is 3. The van der Waals surface area contributed by atoms with Crippen LogP contribution in [0.4, 0.5) is 0 Å². The largest absolute Gasteiger partial charge is 0.392 e. The Morgan fingerprint density at radius 2 is 2.19 bits per heavy atom. The minimum atomic E-state index is -0.160. The van der Waals surface area contributed by atoms with Gasteiger partial charge < -0.3 is 10.4 Å². The van der Waals surface area contributed by atoms with Crippen molar-refractivity contribution in [3.8, 4) is 0 Å². The molecule has 16 heavy (non-hydrogen) atoms. The van der Waals surface area contributed by atoms with Crippen molar-refractivity contribution in [1.29, 1.82) is 0 Å².